The van der Waals surface area contributed by atoms with Crippen molar-refractivity contribution in [2.75, 3.05) is 13.2 Å². The van der Waals surface area contributed by atoms with Crippen molar-refractivity contribution >= 4 is 11.9 Å². The Labute approximate surface area is 142 Å². The van der Waals surface area contributed by atoms with Gasteiger partial charge in [-0.1, -0.05) is 45.7 Å². The number of hydrogen-bond acceptors (Lipinski definition) is 6. The fourth-order valence-electron chi connectivity index (χ4n) is 1.99. The molecule has 0 amide bonds. The van der Waals surface area contributed by atoms with E-state index in [1.165, 1.54) is 6.07 Å². The first-order valence-corrected chi connectivity index (χ1v) is 8.45. The molecular weight excluding hydrogens is 312 g/mol. The molecule has 0 aliphatic heterocycles. The van der Waals surface area contributed by atoms with Gasteiger partial charge in [0.1, 0.15) is 0 Å². The molecule has 0 saturated heterocycles. The Bertz CT molecular complexity index is 526. The average molecular weight is 338 g/mol. The third kappa shape index (κ3) is 6.29. The minimum Gasteiger partial charge on any atom is -0.293 e. The minimum absolute atomic E-state index is 0.106. The van der Waals surface area contributed by atoms with Gasteiger partial charge in [-0.25, -0.2) is 9.59 Å². The Kier molecular flexibility index (Phi) is 9.72. The molecule has 134 valence electrons. The van der Waals surface area contributed by atoms with E-state index in [9.17, 15) is 9.59 Å². The lowest BCUT2D eigenvalue weighted by atomic mass is 9.99. The lowest BCUT2D eigenvalue weighted by Gasteiger charge is -2.11. The lowest BCUT2D eigenvalue weighted by molar-refractivity contribution is -0.243. The van der Waals surface area contributed by atoms with Crippen LogP contribution >= 0.6 is 0 Å². The first-order chi connectivity index (χ1) is 11.7. The van der Waals surface area contributed by atoms with E-state index in [1.807, 2.05) is 20.8 Å². The smallest absolute Gasteiger partial charge is 0.293 e. The van der Waals surface area contributed by atoms with Crippen LogP contribution in [-0.4, -0.2) is 25.2 Å². The molecule has 24 heavy (non-hydrogen) atoms. The summed E-state index contributed by atoms with van der Waals surface area (Å²) in [6.07, 6.45) is 3.98. The van der Waals surface area contributed by atoms with Crippen molar-refractivity contribution in [3.05, 3.63) is 34.9 Å². The molecule has 0 unspecified atom stereocenters. The minimum atomic E-state index is -0.720. The first kappa shape index (κ1) is 20.1. The highest BCUT2D eigenvalue weighted by molar-refractivity contribution is 6.03. The zero-order valence-electron chi connectivity index (χ0n) is 14.6. The van der Waals surface area contributed by atoms with Crippen LogP contribution in [0.5, 0.6) is 0 Å². The highest BCUT2D eigenvalue weighted by Gasteiger charge is 2.24. The molecule has 0 aliphatic carbocycles. The lowest BCUT2D eigenvalue weighted by Crippen LogP contribution is -2.17. The number of carbonyl (C=O) groups is 2. The van der Waals surface area contributed by atoms with Crippen LogP contribution in [0.15, 0.2) is 18.2 Å². The summed E-state index contributed by atoms with van der Waals surface area (Å²) in [7, 11) is 0. The maximum absolute atomic E-state index is 12.3. The Hall–Kier alpha value is -1.92. The summed E-state index contributed by atoms with van der Waals surface area (Å²) < 4.78 is 0. The predicted molar refractivity (Wildman–Crippen MR) is 88.4 cm³/mol. The molecule has 0 atom stereocenters. The third-order valence-electron chi connectivity index (χ3n) is 3.39. The van der Waals surface area contributed by atoms with E-state index in [0.29, 0.717) is 25.2 Å². The second-order valence-electron chi connectivity index (χ2n) is 5.29. The summed E-state index contributed by atoms with van der Waals surface area (Å²) in [6, 6.07) is 4.96. The van der Waals surface area contributed by atoms with Gasteiger partial charge < -0.3 is 0 Å². The monoisotopic (exact) mass is 338 g/mol. The van der Waals surface area contributed by atoms with Gasteiger partial charge in [-0.3, -0.25) is 9.78 Å². The molecule has 0 heterocycles. The van der Waals surface area contributed by atoms with Gasteiger partial charge in [0, 0.05) is 0 Å². The predicted octanol–water partition coefficient (Wildman–Crippen LogP) is 4.03. The van der Waals surface area contributed by atoms with Crippen molar-refractivity contribution in [1.29, 1.82) is 0 Å². The number of unbranched alkanes of at least 4 members (excludes halogenated alkanes) is 2. The standard InChI is InChI=1S/C18H26O6/c1-4-7-12-21-23-17(19)15-11-9-10-14(6-3)16(15)18(20)24-22-13-8-5-2/h9-11H,4-8,12-13H2,1-3H3. The van der Waals surface area contributed by atoms with Crippen LogP contribution in [0.1, 0.15) is 72.7 Å². The molecule has 1 rings (SSSR count). The molecule has 0 saturated carbocycles. The number of aryl methyl sites for hydroxylation is 1. The van der Waals surface area contributed by atoms with E-state index in [4.69, 9.17) is 19.6 Å². The molecule has 6 nitrogen and oxygen atoms in total. The van der Waals surface area contributed by atoms with Crippen LogP contribution < -0.4 is 0 Å². The van der Waals surface area contributed by atoms with Gasteiger partial charge in [-0.2, -0.15) is 9.78 Å². The van der Waals surface area contributed by atoms with Crippen LogP contribution in [0.4, 0.5) is 0 Å². The van der Waals surface area contributed by atoms with Gasteiger partial charge in [-0.15, -0.1) is 0 Å². The SMILES string of the molecule is CCCCOOC(=O)c1cccc(CC)c1C(=O)OOCCCC. The van der Waals surface area contributed by atoms with Crippen molar-refractivity contribution < 1.29 is 29.1 Å². The van der Waals surface area contributed by atoms with Crippen LogP contribution in [0.3, 0.4) is 0 Å². The topological polar surface area (TPSA) is 71.1 Å². The summed E-state index contributed by atoms with van der Waals surface area (Å²) in [5.74, 6) is -1.43. The summed E-state index contributed by atoms with van der Waals surface area (Å²) in [5, 5.41) is 0. The van der Waals surface area contributed by atoms with Crippen LogP contribution in [-0.2, 0) is 26.0 Å². The van der Waals surface area contributed by atoms with Crippen LogP contribution in [0.2, 0.25) is 0 Å². The maximum Gasteiger partial charge on any atom is 0.374 e. The van der Waals surface area contributed by atoms with Crippen molar-refractivity contribution in [3.63, 3.8) is 0 Å². The molecule has 0 fully saturated rings. The summed E-state index contributed by atoms with van der Waals surface area (Å²) in [4.78, 5) is 43.9. The molecule has 0 N–H and O–H groups in total. The second-order valence-corrected chi connectivity index (χ2v) is 5.29. The van der Waals surface area contributed by atoms with Gasteiger partial charge in [-0.05, 0) is 30.9 Å². The van der Waals surface area contributed by atoms with Gasteiger partial charge >= 0.3 is 11.9 Å². The van der Waals surface area contributed by atoms with E-state index in [2.05, 4.69) is 0 Å². The quantitative estimate of drug-likeness (QED) is 0.345. The van der Waals surface area contributed by atoms with Crippen molar-refractivity contribution in [1.82, 2.24) is 0 Å². The van der Waals surface area contributed by atoms with E-state index in [1.54, 1.807) is 12.1 Å². The molecule has 0 bridgehead atoms. The third-order valence-corrected chi connectivity index (χ3v) is 3.39. The average Bonchev–Trinajstić information content (AvgIpc) is 2.61. The summed E-state index contributed by atoms with van der Waals surface area (Å²) in [6.45, 7) is 6.52. The van der Waals surface area contributed by atoms with Crippen molar-refractivity contribution in [2.24, 2.45) is 0 Å². The van der Waals surface area contributed by atoms with Gasteiger partial charge in [0.15, 0.2) is 0 Å². The van der Waals surface area contributed by atoms with E-state index >= 15 is 0 Å². The van der Waals surface area contributed by atoms with E-state index < -0.39 is 11.9 Å². The fraction of sp³-hybridized carbons (Fsp3) is 0.556. The number of rotatable bonds is 11. The zero-order chi connectivity index (χ0) is 17.8. The van der Waals surface area contributed by atoms with Gasteiger partial charge in [0.25, 0.3) is 0 Å². The number of carbonyl (C=O) groups excluding carboxylic acids is 2. The van der Waals surface area contributed by atoms with Crippen LogP contribution in [0.25, 0.3) is 0 Å². The van der Waals surface area contributed by atoms with Gasteiger partial charge in [0.05, 0.1) is 24.3 Å². The van der Waals surface area contributed by atoms with Gasteiger partial charge in [0.2, 0.25) is 0 Å². The normalized spacial score (nSPS) is 10.5. The largest absolute Gasteiger partial charge is 0.374 e. The molecular formula is C18H26O6. The fourth-order valence-corrected chi connectivity index (χ4v) is 1.99. The Morgan fingerprint density at radius 2 is 1.46 bits per heavy atom. The maximum atomic E-state index is 12.3. The summed E-state index contributed by atoms with van der Waals surface area (Å²) in [5.41, 5.74) is 0.942. The molecule has 6 heteroatoms. The van der Waals surface area contributed by atoms with E-state index in [-0.39, 0.29) is 11.1 Å². The summed E-state index contributed by atoms with van der Waals surface area (Å²) >= 11 is 0. The number of benzene rings is 1. The number of hydrogen-bond donors (Lipinski definition) is 0. The van der Waals surface area contributed by atoms with Crippen LogP contribution in [0, 0.1) is 0 Å². The van der Waals surface area contributed by atoms with E-state index in [0.717, 1.165) is 25.7 Å². The molecule has 1 aromatic carbocycles. The van der Waals surface area contributed by atoms with Crippen molar-refractivity contribution in [2.45, 2.75) is 52.9 Å². The zero-order valence-corrected chi connectivity index (χ0v) is 14.6. The molecule has 0 aliphatic rings. The van der Waals surface area contributed by atoms with Crippen molar-refractivity contribution in [3.8, 4) is 0 Å². The molecule has 1 aromatic rings. The molecule has 0 spiro atoms. The Morgan fingerprint density at radius 1 is 0.875 bits per heavy atom. The Morgan fingerprint density at radius 3 is 2.00 bits per heavy atom. The Balaban J connectivity index is 2.84. The highest BCUT2D eigenvalue weighted by atomic mass is 17.2. The second kappa shape index (κ2) is 11.6. The molecule has 0 aromatic heterocycles. The first-order valence-electron chi connectivity index (χ1n) is 8.45. The molecule has 0 radical (unpaired) electrons. The highest BCUT2D eigenvalue weighted by Crippen LogP contribution is 2.19.